The maximum absolute atomic E-state index is 12.9. The Balaban J connectivity index is 1.57. The van der Waals surface area contributed by atoms with Crippen LogP contribution >= 0.6 is 0 Å². The lowest BCUT2D eigenvalue weighted by molar-refractivity contribution is -0.163. The van der Waals surface area contributed by atoms with E-state index in [1.165, 1.54) is 23.4 Å². The van der Waals surface area contributed by atoms with Gasteiger partial charge in [-0.3, -0.25) is 0 Å². The van der Waals surface area contributed by atoms with E-state index in [4.69, 9.17) is 9.47 Å². The van der Waals surface area contributed by atoms with Gasteiger partial charge in [0.1, 0.15) is 5.82 Å². The molecule has 118 valence electrons. The summed E-state index contributed by atoms with van der Waals surface area (Å²) in [6.07, 6.45) is 5.31. The summed E-state index contributed by atoms with van der Waals surface area (Å²) in [6, 6.07) is 6.66. The summed E-state index contributed by atoms with van der Waals surface area (Å²) in [5.41, 5.74) is 3.53. The highest BCUT2D eigenvalue weighted by atomic mass is 19.1. The normalized spacial score (nSPS) is 20.4. The van der Waals surface area contributed by atoms with Gasteiger partial charge in [-0.15, -0.1) is 0 Å². The summed E-state index contributed by atoms with van der Waals surface area (Å²) in [4.78, 5) is 0. The molecule has 1 spiro atoms. The van der Waals surface area contributed by atoms with Crippen molar-refractivity contribution in [1.29, 1.82) is 0 Å². The average molecular weight is 303 g/mol. The summed E-state index contributed by atoms with van der Waals surface area (Å²) >= 11 is 0. The van der Waals surface area contributed by atoms with Crippen LogP contribution in [0.5, 0.6) is 0 Å². The van der Waals surface area contributed by atoms with Crippen molar-refractivity contribution in [3.05, 3.63) is 59.6 Å². The molecule has 0 saturated carbocycles. The third kappa shape index (κ3) is 3.39. The minimum absolute atomic E-state index is 0.192. The van der Waals surface area contributed by atoms with Gasteiger partial charge in [-0.25, -0.2) is 4.39 Å². The number of hydrogen-bond donors (Lipinski definition) is 1. The Morgan fingerprint density at radius 2 is 1.95 bits per heavy atom. The number of benzene rings is 1. The fourth-order valence-electron chi connectivity index (χ4n) is 3.11. The van der Waals surface area contributed by atoms with Crippen molar-refractivity contribution < 1.29 is 13.9 Å². The molecule has 4 heteroatoms. The third-order valence-corrected chi connectivity index (χ3v) is 4.33. The molecule has 1 aliphatic carbocycles. The fraction of sp³-hybridized carbons (Fsp3) is 0.444. The smallest absolute Gasteiger partial charge is 0.172 e. The Hall–Kier alpha value is -1.65. The van der Waals surface area contributed by atoms with Crippen LogP contribution in [-0.4, -0.2) is 25.5 Å². The number of halogens is 1. The van der Waals surface area contributed by atoms with Gasteiger partial charge in [0, 0.05) is 25.1 Å². The van der Waals surface area contributed by atoms with E-state index in [1.807, 2.05) is 18.2 Å². The summed E-state index contributed by atoms with van der Waals surface area (Å²) < 4.78 is 24.4. The molecule has 3 nitrogen and oxygen atoms in total. The molecule has 1 saturated heterocycles. The van der Waals surface area contributed by atoms with Crippen LogP contribution in [0.1, 0.15) is 24.8 Å². The minimum Gasteiger partial charge on any atom is -0.388 e. The zero-order valence-corrected chi connectivity index (χ0v) is 12.7. The third-order valence-electron chi connectivity index (χ3n) is 4.33. The fourth-order valence-corrected chi connectivity index (χ4v) is 3.11. The van der Waals surface area contributed by atoms with Crippen molar-refractivity contribution in [1.82, 2.24) is 5.32 Å². The van der Waals surface area contributed by atoms with E-state index in [9.17, 15) is 4.39 Å². The number of rotatable bonds is 5. The number of nitrogens with one attached hydrogen (secondary N) is 1. The van der Waals surface area contributed by atoms with Crippen LogP contribution in [0.25, 0.3) is 0 Å². The topological polar surface area (TPSA) is 30.5 Å². The van der Waals surface area contributed by atoms with Gasteiger partial charge in [-0.1, -0.05) is 24.8 Å². The van der Waals surface area contributed by atoms with E-state index in [-0.39, 0.29) is 5.82 Å². The first-order valence-corrected chi connectivity index (χ1v) is 7.81. The summed E-state index contributed by atoms with van der Waals surface area (Å²) in [5, 5.41) is 3.50. The first kappa shape index (κ1) is 15.3. The lowest BCUT2D eigenvalue weighted by Crippen LogP contribution is -2.36. The molecule has 0 amide bonds. The largest absolute Gasteiger partial charge is 0.388 e. The first-order valence-electron chi connectivity index (χ1n) is 7.81. The van der Waals surface area contributed by atoms with E-state index >= 15 is 0 Å². The van der Waals surface area contributed by atoms with Gasteiger partial charge in [0.15, 0.2) is 5.79 Å². The van der Waals surface area contributed by atoms with Crippen molar-refractivity contribution in [2.24, 2.45) is 0 Å². The molecule has 0 unspecified atom stereocenters. The summed E-state index contributed by atoms with van der Waals surface area (Å²) in [6.45, 7) is 6.10. The molecule has 1 aromatic carbocycles. The average Bonchev–Trinajstić information content (AvgIpc) is 2.99. The lowest BCUT2D eigenvalue weighted by Gasteiger charge is -2.34. The molecule has 1 heterocycles. The van der Waals surface area contributed by atoms with Gasteiger partial charge >= 0.3 is 0 Å². The van der Waals surface area contributed by atoms with Crippen molar-refractivity contribution in [2.75, 3.05) is 19.8 Å². The maximum atomic E-state index is 12.9. The van der Waals surface area contributed by atoms with Crippen LogP contribution in [-0.2, 0) is 15.9 Å². The lowest BCUT2D eigenvalue weighted by atomic mass is 9.90. The minimum atomic E-state index is -0.425. The SMILES string of the molecule is C=CC1=C(NCCc2ccc(F)cc2)CCC2(C1)OCCO2. The van der Waals surface area contributed by atoms with Crippen LogP contribution in [0.15, 0.2) is 48.2 Å². The molecule has 2 aliphatic rings. The molecule has 1 fully saturated rings. The molecule has 3 rings (SSSR count). The van der Waals surface area contributed by atoms with Crippen LogP contribution in [0.2, 0.25) is 0 Å². The number of hydrogen-bond acceptors (Lipinski definition) is 3. The summed E-state index contributed by atoms with van der Waals surface area (Å²) in [7, 11) is 0. The molecular weight excluding hydrogens is 281 g/mol. The molecule has 22 heavy (non-hydrogen) atoms. The maximum Gasteiger partial charge on any atom is 0.172 e. The van der Waals surface area contributed by atoms with Crippen LogP contribution in [0.3, 0.4) is 0 Å². The monoisotopic (exact) mass is 303 g/mol. The second kappa shape index (κ2) is 6.63. The number of ether oxygens (including phenoxy) is 2. The van der Waals surface area contributed by atoms with Gasteiger partial charge in [0.05, 0.1) is 13.2 Å². The molecule has 0 radical (unpaired) electrons. The van der Waals surface area contributed by atoms with Gasteiger partial charge in [0.2, 0.25) is 0 Å². The summed E-state index contributed by atoms with van der Waals surface area (Å²) in [5.74, 6) is -0.617. The standard InChI is InChI=1S/C18H22FNO2/c1-2-15-13-18(21-11-12-22-18)9-7-17(15)20-10-8-14-3-5-16(19)6-4-14/h2-6,20H,1,7-13H2. The predicted octanol–water partition coefficient (Wildman–Crippen LogP) is 3.32. The predicted molar refractivity (Wildman–Crippen MR) is 83.8 cm³/mol. The van der Waals surface area contributed by atoms with Gasteiger partial charge in [0.25, 0.3) is 0 Å². The van der Waals surface area contributed by atoms with Crippen molar-refractivity contribution in [3.63, 3.8) is 0 Å². The van der Waals surface area contributed by atoms with Crippen molar-refractivity contribution in [2.45, 2.75) is 31.5 Å². The van der Waals surface area contributed by atoms with Gasteiger partial charge in [-0.2, -0.15) is 0 Å². The van der Waals surface area contributed by atoms with E-state index in [2.05, 4.69) is 11.9 Å². The number of allylic oxidation sites excluding steroid dienone is 2. The highest BCUT2D eigenvalue weighted by Gasteiger charge is 2.40. The zero-order chi connectivity index (χ0) is 15.4. The molecule has 1 aliphatic heterocycles. The van der Waals surface area contributed by atoms with Crippen LogP contribution < -0.4 is 5.32 Å². The molecular formula is C18H22FNO2. The highest BCUT2D eigenvalue weighted by molar-refractivity contribution is 5.28. The van der Waals surface area contributed by atoms with Crippen LogP contribution in [0, 0.1) is 5.82 Å². The quantitative estimate of drug-likeness (QED) is 0.905. The highest BCUT2D eigenvalue weighted by Crippen LogP contribution is 2.38. The Morgan fingerprint density at radius 1 is 1.23 bits per heavy atom. The van der Waals surface area contributed by atoms with E-state index in [1.54, 1.807) is 0 Å². The van der Waals surface area contributed by atoms with E-state index in [0.29, 0.717) is 13.2 Å². The zero-order valence-electron chi connectivity index (χ0n) is 12.7. The Morgan fingerprint density at radius 3 is 2.64 bits per heavy atom. The van der Waals surface area contributed by atoms with Gasteiger partial charge in [-0.05, 0) is 36.1 Å². The molecule has 1 aromatic rings. The molecule has 0 atom stereocenters. The Labute approximate surface area is 130 Å². The molecule has 0 aromatic heterocycles. The van der Waals surface area contributed by atoms with Crippen LogP contribution in [0.4, 0.5) is 4.39 Å². The Bertz CT molecular complexity index is 559. The first-order chi connectivity index (χ1) is 10.7. The molecule has 1 N–H and O–H groups in total. The van der Waals surface area contributed by atoms with E-state index in [0.717, 1.165) is 37.8 Å². The molecule has 0 bridgehead atoms. The van der Waals surface area contributed by atoms with Crippen molar-refractivity contribution in [3.8, 4) is 0 Å². The van der Waals surface area contributed by atoms with Gasteiger partial charge < -0.3 is 14.8 Å². The van der Waals surface area contributed by atoms with E-state index < -0.39 is 5.79 Å². The second-order valence-electron chi connectivity index (χ2n) is 5.80. The Kier molecular flexibility index (Phi) is 4.60. The van der Waals surface area contributed by atoms with Crippen molar-refractivity contribution >= 4 is 0 Å². The second-order valence-corrected chi connectivity index (χ2v) is 5.80.